The fourth-order valence-electron chi connectivity index (χ4n) is 3.08. The van der Waals surface area contributed by atoms with E-state index in [4.69, 9.17) is 0 Å². The summed E-state index contributed by atoms with van der Waals surface area (Å²) in [6, 6.07) is 1.59. The van der Waals surface area contributed by atoms with Crippen molar-refractivity contribution in [3.05, 3.63) is 41.2 Å². The van der Waals surface area contributed by atoms with Gasteiger partial charge in [0.05, 0.1) is 30.8 Å². The Hall–Kier alpha value is -2.77. The third-order valence-corrected chi connectivity index (χ3v) is 4.26. The Kier molecular flexibility index (Phi) is 4.52. The standard InChI is InChI=1S/C17H21N5O3/c1-10(2)15-20-19-14-9-21(8-11(3)22(14)15)16(23)12-5-13(7-18-6-12)17(24)25-4/h5-7,10-11H,8-9H2,1-4H3/t11-/m0/s1. The lowest BCUT2D eigenvalue weighted by Gasteiger charge is -2.33. The van der Waals surface area contributed by atoms with Crippen molar-refractivity contribution < 1.29 is 14.3 Å². The Morgan fingerprint density at radius 1 is 1.24 bits per heavy atom. The smallest absolute Gasteiger partial charge is 0.339 e. The highest BCUT2D eigenvalue weighted by Gasteiger charge is 2.30. The number of esters is 1. The first kappa shape index (κ1) is 17.1. The van der Waals surface area contributed by atoms with Crippen LogP contribution in [0.1, 0.15) is 65.1 Å². The van der Waals surface area contributed by atoms with Crippen LogP contribution in [0.4, 0.5) is 0 Å². The molecule has 1 aliphatic heterocycles. The molecular formula is C17H21N5O3. The van der Waals surface area contributed by atoms with E-state index in [9.17, 15) is 9.59 Å². The highest BCUT2D eigenvalue weighted by Crippen LogP contribution is 2.26. The van der Waals surface area contributed by atoms with Gasteiger partial charge in [-0.25, -0.2) is 4.79 Å². The number of carbonyl (C=O) groups excluding carboxylic acids is 2. The number of fused-ring (bicyclic) bond motifs is 1. The predicted molar refractivity (Wildman–Crippen MR) is 89.1 cm³/mol. The SMILES string of the molecule is COC(=O)c1cncc(C(=O)N2Cc3nnc(C(C)C)n3[C@@H](C)C2)c1. The minimum Gasteiger partial charge on any atom is -0.465 e. The maximum absolute atomic E-state index is 12.8. The molecule has 3 rings (SSSR count). The Morgan fingerprint density at radius 2 is 1.96 bits per heavy atom. The average molecular weight is 343 g/mol. The van der Waals surface area contributed by atoms with E-state index in [0.717, 1.165) is 11.6 Å². The zero-order chi connectivity index (χ0) is 18.1. The molecule has 0 aromatic carbocycles. The topological polar surface area (TPSA) is 90.2 Å². The number of methoxy groups -OCH3 is 1. The van der Waals surface area contributed by atoms with Gasteiger partial charge in [-0.15, -0.1) is 10.2 Å². The molecule has 132 valence electrons. The number of hydrogen-bond acceptors (Lipinski definition) is 6. The third-order valence-electron chi connectivity index (χ3n) is 4.26. The lowest BCUT2D eigenvalue weighted by atomic mass is 10.1. The molecule has 2 aromatic rings. The second kappa shape index (κ2) is 6.62. The highest BCUT2D eigenvalue weighted by atomic mass is 16.5. The molecule has 0 aliphatic carbocycles. The molecule has 0 N–H and O–H groups in total. The summed E-state index contributed by atoms with van der Waals surface area (Å²) in [5.41, 5.74) is 0.607. The summed E-state index contributed by atoms with van der Waals surface area (Å²) >= 11 is 0. The minimum absolute atomic E-state index is 0.0804. The number of aromatic nitrogens is 4. The van der Waals surface area contributed by atoms with E-state index in [1.54, 1.807) is 4.90 Å². The maximum atomic E-state index is 12.8. The van der Waals surface area contributed by atoms with Crippen molar-refractivity contribution in [3.63, 3.8) is 0 Å². The first-order chi connectivity index (χ1) is 11.9. The van der Waals surface area contributed by atoms with Crippen LogP contribution < -0.4 is 0 Å². The Morgan fingerprint density at radius 3 is 2.64 bits per heavy atom. The monoisotopic (exact) mass is 343 g/mol. The first-order valence-corrected chi connectivity index (χ1v) is 8.18. The molecule has 0 fully saturated rings. The molecule has 3 heterocycles. The molecule has 0 saturated heterocycles. The van der Waals surface area contributed by atoms with Crippen LogP contribution in [-0.2, 0) is 11.3 Å². The summed E-state index contributed by atoms with van der Waals surface area (Å²) in [4.78, 5) is 30.2. The van der Waals surface area contributed by atoms with Crippen LogP contribution in [-0.4, -0.2) is 50.2 Å². The van der Waals surface area contributed by atoms with Gasteiger partial charge in [0, 0.05) is 24.9 Å². The van der Waals surface area contributed by atoms with Crippen LogP contribution in [0, 0.1) is 0 Å². The lowest BCUT2D eigenvalue weighted by molar-refractivity contribution is 0.0600. The van der Waals surface area contributed by atoms with Crippen molar-refractivity contribution >= 4 is 11.9 Å². The summed E-state index contributed by atoms with van der Waals surface area (Å²) in [6.07, 6.45) is 2.84. The van der Waals surface area contributed by atoms with E-state index in [0.29, 0.717) is 18.7 Å². The van der Waals surface area contributed by atoms with Gasteiger partial charge in [0.2, 0.25) is 0 Å². The molecule has 8 heteroatoms. The van der Waals surface area contributed by atoms with E-state index < -0.39 is 5.97 Å². The van der Waals surface area contributed by atoms with Crippen molar-refractivity contribution in [1.29, 1.82) is 0 Å². The van der Waals surface area contributed by atoms with Crippen LogP contribution in [0.5, 0.6) is 0 Å². The fraction of sp³-hybridized carbons (Fsp3) is 0.471. The minimum atomic E-state index is -0.518. The Labute approximate surface area is 145 Å². The van der Waals surface area contributed by atoms with Crippen molar-refractivity contribution in [3.8, 4) is 0 Å². The van der Waals surface area contributed by atoms with Gasteiger partial charge in [-0.1, -0.05) is 13.8 Å². The predicted octanol–water partition coefficient (Wildman–Crippen LogP) is 1.80. The molecule has 0 spiro atoms. The van der Waals surface area contributed by atoms with Crippen LogP contribution in [0.25, 0.3) is 0 Å². The van der Waals surface area contributed by atoms with E-state index in [1.165, 1.54) is 25.6 Å². The molecule has 2 aromatic heterocycles. The van der Waals surface area contributed by atoms with E-state index >= 15 is 0 Å². The highest BCUT2D eigenvalue weighted by molar-refractivity contribution is 5.97. The van der Waals surface area contributed by atoms with Crippen molar-refractivity contribution in [2.24, 2.45) is 0 Å². The maximum Gasteiger partial charge on any atom is 0.339 e. The van der Waals surface area contributed by atoms with Gasteiger partial charge >= 0.3 is 5.97 Å². The van der Waals surface area contributed by atoms with Gasteiger partial charge in [0.15, 0.2) is 5.82 Å². The summed E-state index contributed by atoms with van der Waals surface area (Å²) in [7, 11) is 1.29. The summed E-state index contributed by atoms with van der Waals surface area (Å²) < 4.78 is 6.79. The molecule has 1 atom stereocenters. The molecule has 0 unspecified atom stereocenters. The van der Waals surface area contributed by atoms with Crippen molar-refractivity contribution in [2.45, 2.75) is 39.3 Å². The Bertz CT molecular complexity index is 814. The van der Waals surface area contributed by atoms with Gasteiger partial charge in [-0.05, 0) is 13.0 Å². The second-order valence-electron chi connectivity index (χ2n) is 6.49. The number of amides is 1. The summed E-state index contributed by atoms with van der Waals surface area (Å²) in [6.45, 7) is 7.12. The van der Waals surface area contributed by atoms with E-state index in [1.807, 2.05) is 6.92 Å². The van der Waals surface area contributed by atoms with Gasteiger partial charge in [-0.2, -0.15) is 0 Å². The van der Waals surface area contributed by atoms with Gasteiger partial charge in [0.1, 0.15) is 5.82 Å². The van der Waals surface area contributed by atoms with Crippen molar-refractivity contribution in [1.82, 2.24) is 24.6 Å². The lowest BCUT2D eigenvalue weighted by Crippen LogP contribution is -2.41. The number of rotatable bonds is 3. The molecule has 8 nitrogen and oxygen atoms in total. The van der Waals surface area contributed by atoms with Crippen molar-refractivity contribution in [2.75, 3.05) is 13.7 Å². The molecule has 25 heavy (non-hydrogen) atoms. The average Bonchev–Trinajstić information content (AvgIpc) is 3.05. The molecular weight excluding hydrogens is 322 g/mol. The second-order valence-corrected chi connectivity index (χ2v) is 6.49. The van der Waals surface area contributed by atoms with Gasteiger partial charge in [-0.3, -0.25) is 9.78 Å². The number of nitrogens with zero attached hydrogens (tertiary/aromatic N) is 5. The first-order valence-electron chi connectivity index (χ1n) is 8.18. The van der Waals surface area contributed by atoms with Gasteiger partial charge in [0.25, 0.3) is 5.91 Å². The normalized spacial score (nSPS) is 16.7. The molecule has 0 saturated carbocycles. The number of hydrogen-bond donors (Lipinski definition) is 0. The van der Waals surface area contributed by atoms with Crippen LogP contribution >= 0.6 is 0 Å². The summed E-state index contributed by atoms with van der Waals surface area (Å²) in [5.74, 6) is 1.27. The largest absolute Gasteiger partial charge is 0.465 e. The molecule has 0 radical (unpaired) electrons. The van der Waals surface area contributed by atoms with Crippen LogP contribution in [0.2, 0.25) is 0 Å². The van der Waals surface area contributed by atoms with E-state index in [-0.39, 0.29) is 23.4 Å². The number of pyridine rings is 1. The summed E-state index contributed by atoms with van der Waals surface area (Å²) in [5, 5.41) is 8.51. The van der Waals surface area contributed by atoms with Crippen LogP contribution in [0.15, 0.2) is 18.5 Å². The van der Waals surface area contributed by atoms with Gasteiger partial charge < -0.3 is 14.2 Å². The molecule has 0 bridgehead atoms. The third kappa shape index (κ3) is 3.11. The fourth-order valence-corrected chi connectivity index (χ4v) is 3.08. The van der Waals surface area contributed by atoms with E-state index in [2.05, 4.69) is 38.3 Å². The number of ether oxygens (including phenoxy) is 1. The molecule has 1 aliphatic rings. The zero-order valence-electron chi connectivity index (χ0n) is 14.8. The Balaban J connectivity index is 1.86. The van der Waals surface area contributed by atoms with Crippen LogP contribution in [0.3, 0.4) is 0 Å². The molecule has 1 amide bonds. The quantitative estimate of drug-likeness (QED) is 0.789. The zero-order valence-corrected chi connectivity index (χ0v) is 14.8. The number of carbonyl (C=O) groups is 2.